The second-order valence-corrected chi connectivity index (χ2v) is 17.6. The van der Waals surface area contributed by atoms with Crippen molar-refractivity contribution < 1.29 is 23.8 Å². The van der Waals surface area contributed by atoms with Crippen molar-refractivity contribution >= 4 is 24.7 Å². The molecule has 0 aliphatic carbocycles. The first-order valence-corrected chi connectivity index (χ1v) is 17.2. The van der Waals surface area contributed by atoms with Crippen molar-refractivity contribution in [3.8, 4) is 0 Å². The van der Waals surface area contributed by atoms with E-state index in [1.807, 2.05) is 87.5 Å². The van der Waals surface area contributed by atoms with Gasteiger partial charge in [-0.3, -0.25) is 9.69 Å². The van der Waals surface area contributed by atoms with Gasteiger partial charge in [0.05, 0.1) is 25.4 Å². The molecule has 0 saturated heterocycles. The van der Waals surface area contributed by atoms with E-state index in [-0.39, 0.29) is 24.8 Å². The van der Waals surface area contributed by atoms with Crippen molar-refractivity contribution in [1.82, 2.24) is 4.90 Å². The SMILES string of the molecule is CN(C[C@@H](O)[C@@H](CO[Si](c1ccccc1)(c1ccccc1)C(C)(C)C)N=[N+]=[N-])[C@@H](COCc1ccccc1)C(=O)OC(C)(C)C. The van der Waals surface area contributed by atoms with E-state index in [1.54, 1.807) is 11.9 Å². The second-order valence-electron chi connectivity index (χ2n) is 13.3. The predicted octanol–water partition coefficient (Wildman–Crippen LogP) is 5.46. The normalized spacial score (nSPS) is 14.3. The Balaban J connectivity index is 1.84. The van der Waals surface area contributed by atoms with E-state index >= 15 is 0 Å². The molecule has 0 spiro atoms. The first kappa shape index (κ1) is 36.0. The van der Waals surface area contributed by atoms with E-state index in [1.165, 1.54) is 0 Å². The van der Waals surface area contributed by atoms with E-state index < -0.39 is 38.1 Å². The summed E-state index contributed by atoms with van der Waals surface area (Å²) in [4.78, 5) is 18.0. The topological polar surface area (TPSA) is 117 Å². The van der Waals surface area contributed by atoms with Gasteiger partial charge >= 0.3 is 5.97 Å². The summed E-state index contributed by atoms with van der Waals surface area (Å²) in [5, 5.41) is 17.3. The fourth-order valence-corrected chi connectivity index (χ4v) is 9.99. The van der Waals surface area contributed by atoms with Crippen molar-refractivity contribution in [2.75, 3.05) is 26.8 Å². The van der Waals surface area contributed by atoms with Gasteiger partial charge in [0.2, 0.25) is 0 Å². The minimum atomic E-state index is -2.95. The molecule has 3 atom stereocenters. The third-order valence-electron chi connectivity index (χ3n) is 7.60. The smallest absolute Gasteiger partial charge is 0.326 e. The number of carbonyl (C=O) groups excluding carboxylic acids is 1. The van der Waals surface area contributed by atoms with Gasteiger partial charge in [0, 0.05) is 18.1 Å². The molecule has 0 saturated carbocycles. The Hall–Kier alpha value is -3.50. The van der Waals surface area contributed by atoms with Gasteiger partial charge in [-0.25, -0.2) is 0 Å². The summed E-state index contributed by atoms with van der Waals surface area (Å²) in [7, 11) is -1.22. The molecule has 0 aliphatic heterocycles. The molecule has 0 amide bonds. The van der Waals surface area contributed by atoms with Crippen LogP contribution in [0.5, 0.6) is 0 Å². The van der Waals surface area contributed by atoms with Gasteiger partial charge in [-0.05, 0) is 54.3 Å². The molecule has 0 bridgehead atoms. The van der Waals surface area contributed by atoms with Crippen LogP contribution in [-0.2, 0) is 25.3 Å². The highest BCUT2D eigenvalue weighted by Gasteiger charge is 2.50. The average Bonchev–Trinajstić information content (AvgIpc) is 2.99. The number of hydrogen-bond donors (Lipinski definition) is 1. The maximum absolute atomic E-state index is 13.3. The fraction of sp³-hybridized carbons (Fsp3) is 0.457. The Bertz CT molecular complexity index is 1330. The fourth-order valence-electron chi connectivity index (χ4n) is 5.41. The molecule has 0 aliphatic rings. The number of rotatable bonds is 15. The predicted molar refractivity (Wildman–Crippen MR) is 181 cm³/mol. The zero-order valence-electron chi connectivity index (χ0n) is 27.6. The van der Waals surface area contributed by atoms with Crippen molar-refractivity contribution in [2.45, 2.75) is 77.0 Å². The molecule has 0 fully saturated rings. The van der Waals surface area contributed by atoms with E-state index in [4.69, 9.17) is 13.9 Å². The summed E-state index contributed by atoms with van der Waals surface area (Å²) in [6, 6.07) is 28.3. The van der Waals surface area contributed by atoms with Gasteiger partial charge in [-0.1, -0.05) is 117 Å². The number of aliphatic hydroxyl groups excluding tert-OH is 1. The van der Waals surface area contributed by atoms with Crippen LogP contribution in [0.15, 0.2) is 96.1 Å². The summed E-state index contributed by atoms with van der Waals surface area (Å²) in [5.74, 6) is -0.464. The number of nitrogens with zero attached hydrogens (tertiary/aromatic N) is 4. The lowest BCUT2D eigenvalue weighted by Crippen LogP contribution is -2.67. The summed E-state index contributed by atoms with van der Waals surface area (Å²) in [6.07, 6.45) is -1.14. The molecule has 0 radical (unpaired) electrons. The Kier molecular flexibility index (Phi) is 12.9. The molecule has 1 N–H and O–H groups in total. The van der Waals surface area contributed by atoms with Crippen molar-refractivity contribution in [3.63, 3.8) is 0 Å². The molecule has 9 nitrogen and oxygen atoms in total. The molecule has 3 rings (SSSR count). The quantitative estimate of drug-likeness (QED) is 0.0782. The summed E-state index contributed by atoms with van der Waals surface area (Å²) < 4.78 is 18.6. The summed E-state index contributed by atoms with van der Waals surface area (Å²) >= 11 is 0. The number of likely N-dealkylation sites (N-methyl/N-ethyl adjacent to an activating group) is 1. The molecule has 45 heavy (non-hydrogen) atoms. The van der Waals surface area contributed by atoms with Gasteiger partial charge < -0.3 is 19.0 Å². The lowest BCUT2D eigenvalue weighted by atomic mass is 10.1. The molecule has 0 aromatic heterocycles. The molecular formula is C35H48N4O5Si. The lowest BCUT2D eigenvalue weighted by molar-refractivity contribution is -0.164. The first-order chi connectivity index (χ1) is 21.3. The van der Waals surface area contributed by atoms with Gasteiger partial charge in [-0.2, -0.15) is 0 Å². The van der Waals surface area contributed by atoms with Crippen LogP contribution >= 0.6 is 0 Å². The average molecular weight is 633 g/mol. The highest BCUT2D eigenvalue weighted by molar-refractivity contribution is 6.99. The van der Waals surface area contributed by atoms with Crippen LogP contribution in [0.1, 0.15) is 47.1 Å². The summed E-state index contributed by atoms with van der Waals surface area (Å²) in [5.41, 5.74) is 9.76. The van der Waals surface area contributed by atoms with Crippen LogP contribution < -0.4 is 10.4 Å². The van der Waals surface area contributed by atoms with E-state index in [0.29, 0.717) is 6.61 Å². The van der Waals surface area contributed by atoms with Crippen LogP contribution in [0.3, 0.4) is 0 Å². The molecule has 3 aromatic rings. The zero-order valence-corrected chi connectivity index (χ0v) is 28.6. The number of azide groups is 1. The summed E-state index contributed by atoms with van der Waals surface area (Å²) in [6.45, 7) is 12.3. The Morgan fingerprint density at radius 1 is 0.889 bits per heavy atom. The minimum Gasteiger partial charge on any atom is -0.459 e. The number of carbonyl (C=O) groups is 1. The monoisotopic (exact) mass is 632 g/mol. The maximum Gasteiger partial charge on any atom is 0.326 e. The van der Waals surface area contributed by atoms with Crippen molar-refractivity contribution in [1.29, 1.82) is 0 Å². The number of esters is 1. The third-order valence-corrected chi connectivity index (χ3v) is 12.6. The van der Waals surface area contributed by atoms with E-state index in [9.17, 15) is 15.4 Å². The van der Waals surface area contributed by atoms with E-state index in [2.05, 4.69) is 55.1 Å². The van der Waals surface area contributed by atoms with Crippen molar-refractivity contribution in [3.05, 3.63) is 107 Å². The molecule has 10 heteroatoms. The Morgan fingerprint density at radius 2 is 1.40 bits per heavy atom. The zero-order chi connectivity index (χ0) is 33.1. The number of aliphatic hydroxyl groups is 1. The standard InChI is InChI=1S/C35H48N4O5Si/c1-34(2,3)44-33(41)31(26-42-24-27-17-11-8-12-18-27)39(7)23-32(40)30(37-38-36)25-43-45(35(4,5)6,28-19-13-9-14-20-28)29-21-15-10-16-22-29/h8-22,30-32,40H,23-26H2,1-7H3/t30-,31+,32-/m1/s1. The molecular weight excluding hydrogens is 584 g/mol. The highest BCUT2D eigenvalue weighted by atomic mass is 28.4. The van der Waals surface area contributed by atoms with Crippen LogP contribution in [-0.4, -0.2) is 74.9 Å². The van der Waals surface area contributed by atoms with Crippen LogP contribution in [0.25, 0.3) is 10.4 Å². The number of ether oxygens (including phenoxy) is 2. The highest BCUT2D eigenvalue weighted by Crippen LogP contribution is 2.37. The number of benzene rings is 3. The van der Waals surface area contributed by atoms with Crippen LogP contribution in [0.2, 0.25) is 5.04 Å². The number of hydrogen-bond acceptors (Lipinski definition) is 7. The van der Waals surface area contributed by atoms with Gasteiger partial charge in [0.1, 0.15) is 11.6 Å². The van der Waals surface area contributed by atoms with Gasteiger partial charge in [0.15, 0.2) is 0 Å². The maximum atomic E-state index is 13.3. The third kappa shape index (κ3) is 9.99. The Morgan fingerprint density at radius 3 is 1.87 bits per heavy atom. The first-order valence-electron chi connectivity index (χ1n) is 15.3. The minimum absolute atomic E-state index is 0.00599. The second kappa shape index (κ2) is 16.2. The Labute approximate surface area is 268 Å². The lowest BCUT2D eigenvalue weighted by Gasteiger charge is -2.43. The van der Waals surface area contributed by atoms with Crippen LogP contribution in [0, 0.1) is 0 Å². The molecule has 0 heterocycles. The van der Waals surface area contributed by atoms with Gasteiger partial charge in [0.25, 0.3) is 8.32 Å². The molecule has 242 valence electrons. The molecule has 3 aromatic carbocycles. The molecule has 0 unspecified atom stereocenters. The van der Waals surface area contributed by atoms with Crippen molar-refractivity contribution in [2.24, 2.45) is 5.11 Å². The van der Waals surface area contributed by atoms with Gasteiger partial charge in [-0.15, -0.1) is 0 Å². The van der Waals surface area contributed by atoms with Crippen LogP contribution in [0.4, 0.5) is 0 Å². The van der Waals surface area contributed by atoms with E-state index in [0.717, 1.165) is 15.9 Å². The largest absolute Gasteiger partial charge is 0.459 e.